The number of rotatable bonds is 5. The summed E-state index contributed by atoms with van der Waals surface area (Å²) in [5, 5.41) is 14.2. The van der Waals surface area contributed by atoms with Crippen molar-refractivity contribution in [2.75, 3.05) is 19.0 Å². The molecule has 6 nitrogen and oxygen atoms in total. The number of nitrogens with one attached hydrogen (secondary N) is 2. The lowest BCUT2D eigenvalue weighted by Gasteiger charge is -2.16. The fourth-order valence-corrected chi connectivity index (χ4v) is 1.46. The Kier molecular flexibility index (Phi) is 5.35. The molecule has 1 aromatic carbocycles. The van der Waals surface area contributed by atoms with E-state index >= 15 is 0 Å². The van der Waals surface area contributed by atoms with Crippen LogP contribution in [-0.2, 0) is 14.3 Å². The molecule has 0 aromatic heterocycles. The molecule has 0 saturated heterocycles. The Labute approximate surface area is 111 Å². The number of ether oxygens (including phenoxy) is 1. The van der Waals surface area contributed by atoms with Gasteiger partial charge in [-0.15, -0.1) is 0 Å². The molecular weight excluding hydrogens is 246 g/mol. The third kappa shape index (κ3) is 4.68. The molecule has 1 rings (SSSR count). The number of carbonyl (C=O) groups excluding carboxylic acids is 2. The average molecular weight is 261 g/mol. The number of nitriles is 1. The number of carbonyl (C=O) groups is 2. The van der Waals surface area contributed by atoms with E-state index in [9.17, 15) is 9.59 Å². The molecule has 0 radical (unpaired) electrons. The fourth-order valence-electron chi connectivity index (χ4n) is 1.46. The highest BCUT2D eigenvalue weighted by Gasteiger charge is 2.19. The molecule has 1 amide bonds. The molecule has 0 bridgehead atoms. The molecule has 0 heterocycles. The van der Waals surface area contributed by atoms with Crippen molar-refractivity contribution in [1.29, 1.82) is 5.26 Å². The predicted octanol–water partition coefficient (Wildman–Crippen LogP) is 0.648. The maximum atomic E-state index is 11.4. The molecule has 0 spiro atoms. The van der Waals surface area contributed by atoms with Gasteiger partial charge in [0.15, 0.2) is 0 Å². The fraction of sp³-hybridized carbons (Fsp3) is 0.308. The van der Waals surface area contributed by atoms with Crippen molar-refractivity contribution < 1.29 is 14.3 Å². The summed E-state index contributed by atoms with van der Waals surface area (Å²) in [6.07, 6.45) is 0. The van der Waals surface area contributed by atoms with Crippen LogP contribution >= 0.6 is 0 Å². The quantitative estimate of drug-likeness (QED) is 0.759. The predicted molar refractivity (Wildman–Crippen MR) is 69.3 cm³/mol. The molecular formula is C13H15N3O3. The molecule has 100 valence electrons. The first-order valence-electron chi connectivity index (χ1n) is 5.65. The molecule has 1 atom stereocenters. The zero-order valence-electron chi connectivity index (χ0n) is 10.8. The minimum Gasteiger partial charge on any atom is -0.467 e. The summed E-state index contributed by atoms with van der Waals surface area (Å²) < 4.78 is 4.60. The van der Waals surface area contributed by atoms with Crippen LogP contribution in [0.15, 0.2) is 24.3 Å². The Hall–Kier alpha value is -2.55. The first-order chi connectivity index (χ1) is 9.06. The lowest BCUT2D eigenvalue weighted by molar-refractivity contribution is -0.144. The zero-order valence-corrected chi connectivity index (χ0v) is 10.8. The van der Waals surface area contributed by atoms with E-state index in [1.165, 1.54) is 14.0 Å². The van der Waals surface area contributed by atoms with Crippen LogP contribution in [0.5, 0.6) is 0 Å². The van der Waals surface area contributed by atoms with Crippen molar-refractivity contribution in [3.63, 3.8) is 0 Å². The van der Waals surface area contributed by atoms with Crippen LogP contribution in [-0.4, -0.2) is 31.6 Å². The van der Waals surface area contributed by atoms with Gasteiger partial charge in [-0.2, -0.15) is 5.26 Å². The normalized spacial score (nSPS) is 11.0. The van der Waals surface area contributed by atoms with Gasteiger partial charge in [-0.25, -0.2) is 4.79 Å². The monoisotopic (exact) mass is 261 g/mol. The molecule has 1 aromatic rings. The number of amides is 1. The molecule has 6 heteroatoms. The van der Waals surface area contributed by atoms with Gasteiger partial charge in [-0.3, -0.25) is 4.79 Å². The smallest absolute Gasteiger partial charge is 0.330 e. The highest BCUT2D eigenvalue weighted by Crippen LogP contribution is 2.08. The van der Waals surface area contributed by atoms with Crippen molar-refractivity contribution >= 4 is 17.6 Å². The standard InChI is InChI=1S/C13H15N3O3/c1-9(17)16-12(13(18)19-2)8-15-11-5-3-10(7-14)4-6-11/h3-6,12,15H,8H2,1-2H3,(H,16,17). The molecule has 0 aliphatic rings. The highest BCUT2D eigenvalue weighted by molar-refractivity contribution is 5.83. The Morgan fingerprint density at radius 3 is 2.47 bits per heavy atom. The summed E-state index contributed by atoms with van der Waals surface area (Å²) >= 11 is 0. The lowest BCUT2D eigenvalue weighted by atomic mass is 10.2. The van der Waals surface area contributed by atoms with Gasteiger partial charge >= 0.3 is 5.97 Å². The van der Waals surface area contributed by atoms with Crippen molar-refractivity contribution in [2.24, 2.45) is 0 Å². The van der Waals surface area contributed by atoms with Gasteiger partial charge in [0.2, 0.25) is 5.91 Å². The van der Waals surface area contributed by atoms with Crippen LogP contribution in [0.3, 0.4) is 0 Å². The summed E-state index contributed by atoms with van der Waals surface area (Å²) in [4.78, 5) is 22.4. The molecule has 0 saturated carbocycles. The van der Waals surface area contributed by atoms with Crippen LogP contribution in [0.1, 0.15) is 12.5 Å². The molecule has 2 N–H and O–H groups in total. The Balaban J connectivity index is 2.62. The number of methoxy groups -OCH3 is 1. The Morgan fingerprint density at radius 2 is 2.00 bits per heavy atom. The summed E-state index contributed by atoms with van der Waals surface area (Å²) in [6.45, 7) is 1.54. The zero-order chi connectivity index (χ0) is 14.3. The summed E-state index contributed by atoms with van der Waals surface area (Å²) in [6, 6.07) is 8.03. The summed E-state index contributed by atoms with van der Waals surface area (Å²) in [5.74, 6) is -0.826. The van der Waals surface area contributed by atoms with E-state index in [0.29, 0.717) is 5.56 Å². The average Bonchev–Trinajstić information content (AvgIpc) is 2.42. The second-order valence-corrected chi connectivity index (χ2v) is 3.85. The molecule has 19 heavy (non-hydrogen) atoms. The maximum absolute atomic E-state index is 11.4. The molecule has 1 unspecified atom stereocenters. The minimum absolute atomic E-state index is 0.207. The largest absolute Gasteiger partial charge is 0.467 e. The van der Waals surface area contributed by atoms with Crippen LogP contribution in [0.25, 0.3) is 0 Å². The van der Waals surface area contributed by atoms with Gasteiger partial charge in [0.05, 0.1) is 18.7 Å². The van der Waals surface area contributed by atoms with E-state index in [1.54, 1.807) is 24.3 Å². The van der Waals surface area contributed by atoms with Crippen molar-refractivity contribution in [1.82, 2.24) is 5.32 Å². The maximum Gasteiger partial charge on any atom is 0.330 e. The first kappa shape index (κ1) is 14.5. The summed E-state index contributed by atoms with van der Waals surface area (Å²) in [7, 11) is 1.26. The van der Waals surface area contributed by atoms with E-state index in [1.807, 2.05) is 6.07 Å². The molecule has 0 fully saturated rings. The number of nitrogens with zero attached hydrogens (tertiary/aromatic N) is 1. The van der Waals surface area contributed by atoms with Crippen LogP contribution in [0.2, 0.25) is 0 Å². The Morgan fingerprint density at radius 1 is 1.37 bits per heavy atom. The van der Waals surface area contributed by atoms with E-state index in [4.69, 9.17) is 5.26 Å². The third-order valence-corrected chi connectivity index (χ3v) is 2.39. The number of hydrogen-bond acceptors (Lipinski definition) is 5. The summed E-state index contributed by atoms with van der Waals surface area (Å²) in [5.41, 5.74) is 1.30. The molecule has 0 aliphatic heterocycles. The van der Waals surface area contributed by atoms with Crippen molar-refractivity contribution in [2.45, 2.75) is 13.0 Å². The van der Waals surface area contributed by atoms with Gasteiger partial charge in [-0.05, 0) is 24.3 Å². The van der Waals surface area contributed by atoms with Gasteiger partial charge in [-0.1, -0.05) is 0 Å². The van der Waals surface area contributed by atoms with Gasteiger partial charge < -0.3 is 15.4 Å². The number of anilines is 1. The van der Waals surface area contributed by atoms with Gasteiger partial charge in [0.25, 0.3) is 0 Å². The van der Waals surface area contributed by atoms with Crippen molar-refractivity contribution in [3.8, 4) is 6.07 Å². The highest BCUT2D eigenvalue weighted by atomic mass is 16.5. The Bertz CT molecular complexity index is 491. The topological polar surface area (TPSA) is 91.2 Å². The van der Waals surface area contributed by atoms with Crippen LogP contribution in [0, 0.1) is 11.3 Å². The number of benzene rings is 1. The van der Waals surface area contributed by atoms with Crippen LogP contribution in [0.4, 0.5) is 5.69 Å². The second-order valence-electron chi connectivity index (χ2n) is 3.85. The second kappa shape index (κ2) is 7.01. The van der Waals surface area contributed by atoms with Gasteiger partial charge in [0, 0.05) is 19.2 Å². The number of hydrogen-bond donors (Lipinski definition) is 2. The SMILES string of the molecule is COC(=O)C(CNc1ccc(C#N)cc1)NC(C)=O. The lowest BCUT2D eigenvalue weighted by Crippen LogP contribution is -2.45. The van der Waals surface area contributed by atoms with E-state index in [2.05, 4.69) is 15.4 Å². The van der Waals surface area contributed by atoms with E-state index in [0.717, 1.165) is 5.69 Å². The van der Waals surface area contributed by atoms with Crippen molar-refractivity contribution in [3.05, 3.63) is 29.8 Å². The number of esters is 1. The van der Waals surface area contributed by atoms with E-state index < -0.39 is 12.0 Å². The minimum atomic E-state index is -0.752. The van der Waals surface area contributed by atoms with E-state index in [-0.39, 0.29) is 12.5 Å². The third-order valence-electron chi connectivity index (χ3n) is 2.39. The first-order valence-corrected chi connectivity index (χ1v) is 5.65. The van der Waals surface area contributed by atoms with Gasteiger partial charge in [0.1, 0.15) is 6.04 Å². The van der Waals surface area contributed by atoms with Crippen LogP contribution < -0.4 is 10.6 Å². The molecule has 0 aliphatic carbocycles.